The zero-order valence-corrected chi connectivity index (χ0v) is 20.2. The molecule has 0 radical (unpaired) electrons. The van der Waals surface area contributed by atoms with E-state index in [0.717, 1.165) is 24.2 Å². The fourth-order valence-electron chi connectivity index (χ4n) is 4.24. The number of amides is 1. The molecule has 33 heavy (non-hydrogen) atoms. The van der Waals surface area contributed by atoms with E-state index < -0.39 is 17.7 Å². The van der Waals surface area contributed by atoms with Crippen LogP contribution in [0.15, 0.2) is 54.1 Å². The van der Waals surface area contributed by atoms with E-state index in [1.807, 2.05) is 45.0 Å². The quantitative estimate of drug-likeness (QED) is 0.345. The number of likely N-dealkylation sites (N-methyl/N-ethyl adjacent to an activating group) is 1. The summed E-state index contributed by atoms with van der Waals surface area (Å²) in [6, 6.07) is 14.0. The first-order chi connectivity index (χ1) is 15.8. The van der Waals surface area contributed by atoms with Gasteiger partial charge in [-0.15, -0.1) is 0 Å². The summed E-state index contributed by atoms with van der Waals surface area (Å²) in [5, 5.41) is 11.2. The average molecular weight is 451 g/mol. The number of hydrogen-bond donors (Lipinski definition) is 1. The van der Waals surface area contributed by atoms with Gasteiger partial charge in [0.05, 0.1) is 17.7 Å². The van der Waals surface area contributed by atoms with Crippen LogP contribution >= 0.6 is 0 Å². The fourth-order valence-corrected chi connectivity index (χ4v) is 4.24. The van der Waals surface area contributed by atoms with Gasteiger partial charge in [0.15, 0.2) is 0 Å². The highest BCUT2D eigenvalue weighted by molar-refractivity contribution is 6.46. The Balaban J connectivity index is 2.06. The number of ketones is 1. The molecule has 1 saturated heterocycles. The summed E-state index contributed by atoms with van der Waals surface area (Å²) in [4.78, 5) is 30.1. The summed E-state index contributed by atoms with van der Waals surface area (Å²) in [5.41, 5.74) is 2.42. The van der Waals surface area contributed by atoms with Crippen LogP contribution in [0, 0.1) is 6.92 Å². The first-order valence-corrected chi connectivity index (χ1v) is 11.6. The second kappa shape index (κ2) is 10.7. The smallest absolute Gasteiger partial charge is 0.295 e. The first-order valence-electron chi connectivity index (χ1n) is 11.6. The van der Waals surface area contributed by atoms with Gasteiger partial charge in [-0.1, -0.05) is 38.1 Å². The lowest BCUT2D eigenvalue weighted by molar-refractivity contribution is -0.140. The number of hydrogen-bond acceptors (Lipinski definition) is 5. The minimum absolute atomic E-state index is 0.0293. The molecule has 1 aliphatic heterocycles. The number of aliphatic hydroxyl groups is 1. The van der Waals surface area contributed by atoms with E-state index in [4.69, 9.17) is 4.74 Å². The van der Waals surface area contributed by atoms with Crippen molar-refractivity contribution in [2.24, 2.45) is 0 Å². The second-order valence-corrected chi connectivity index (χ2v) is 8.57. The lowest BCUT2D eigenvalue weighted by Crippen LogP contribution is -2.38. The van der Waals surface area contributed by atoms with Gasteiger partial charge < -0.3 is 19.6 Å². The predicted octanol–water partition coefficient (Wildman–Crippen LogP) is 4.55. The van der Waals surface area contributed by atoms with Crippen molar-refractivity contribution in [2.75, 3.05) is 26.2 Å². The fraction of sp³-hybridized carbons (Fsp3) is 0.407. The van der Waals surface area contributed by atoms with Crippen LogP contribution in [0.3, 0.4) is 0 Å². The molecule has 3 rings (SSSR count). The minimum atomic E-state index is -0.650. The molecule has 1 fully saturated rings. The monoisotopic (exact) mass is 450 g/mol. The Morgan fingerprint density at radius 3 is 2.27 bits per heavy atom. The van der Waals surface area contributed by atoms with Crippen molar-refractivity contribution in [1.82, 2.24) is 9.80 Å². The Labute approximate surface area is 196 Å². The molecule has 1 unspecified atom stereocenters. The lowest BCUT2D eigenvalue weighted by atomic mass is 9.92. The molecule has 0 bridgehead atoms. The van der Waals surface area contributed by atoms with Gasteiger partial charge in [-0.2, -0.15) is 0 Å². The SMILES string of the molecule is CCN(CC)CCN1C(=O)C(=O)/C(=C(\O)c2ccc(OC(C)C)cc2)C1c1ccccc1C. The zero-order chi connectivity index (χ0) is 24.1. The van der Waals surface area contributed by atoms with Gasteiger partial charge in [0, 0.05) is 18.7 Å². The maximum Gasteiger partial charge on any atom is 0.295 e. The molecule has 6 nitrogen and oxygen atoms in total. The third kappa shape index (κ3) is 5.28. The molecule has 1 amide bonds. The van der Waals surface area contributed by atoms with Crippen LogP contribution in [0.25, 0.3) is 5.76 Å². The first kappa shape index (κ1) is 24.5. The van der Waals surface area contributed by atoms with Crippen molar-refractivity contribution in [3.8, 4) is 5.75 Å². The topological polar surface area (TPSA) is 70.1 Å². The van der Waals surface area contributed by atoms with Crippen LogP contribution in [-0.4, -0.2) is 58.9 Å². The summed E-state index contributed by atoms with van der Waals surface area (Å²) in [5.74, 6) is -0.709. The molecule has 0 spiro atoms. The lowest BCUT2D eigenvalue weighted by Gasteiger charge is -2.29. The Morgan fingerprint density at radius 2 is 1.70 bits per heavy atom. The number of carbonyl (C=O) groups is 2. The van der Waals surface area contributed by atoms with Crippen LogP contribution in [-0.2, 0) is 9.59 Å². The third-order valence-corrected chi connectivity index (χ3v) is 6.07. The van der Waals surface area contributed by atoms with E-state index in [9.17, 15) is 14.7 Å². The van der Waals surface area contributed by atoms with Crippen LogP contribution in [0.5, 0.6) is 5.75 Å². The van der Waals surface area contributed by atoms with Crippen LogP contribution in [0.4, 0.5) is 0 Å². The number of aliphatic hydroxyl groups excluding tert-OH is 1. The van der Waals surface area contributed by atoms with Gasteiger partial charge in [-0.3, -0.25) is 9.59 Å². The average Bonchev–Trinajstić information content (AvgIpc) is 3.04. The molecule has 6 heteroatoms. The van der Waals surface area contributed by atoms with Crippen molar-refractivity contribution in [2.45, 2.75) is 46.8 Å². The number of rotatable bonds is 9. The number of aryl methyl sites for hydroxylation is 1. The highest BCUT2D eigenvalue weighted by atomic mass is 16.5. The molecule has 0 aliphatic carbocycles. The van der Waals surface area contributed by atoms with Crippen molar-refractivity contribution in [3.05, 3.63) is 70.8 Å². The van der Waals surface area contributed by atoms with E-state index >= 15 is 0 Å². The van der Waals surface area contributed by atoms with Crippen LogP contribution in [0.1, 0.15) is 50.4 Å². The summed E-state index contributed by atoms with van der Waals surface area (Å²) in [6.07, 6.45) is 0.0293. The van der Waals surface area contributed by atoms with E-state index in [2.05, 4.69) is 18.7 Å². The maximum atomic E-state index is 13.2. The van der Waals surface area contributed by atoms with Gasteiger partial charge in [-0.05, 0) is 69.3 Å². The highest BCUT2D eigenvalue weighted by Crippen LogP contribution is 2.40. The highest BCUT2D eigenvalue weighted by Gasteiger charge is 2.46. The second-order valence-electron chi connectivity index (χ2n) is 8.57. The standard InChI is InChI=1S/C27H34N2O4/c1-6-28(7-2)16-17-29-24(22-11-9-8-10-19(22)5)23(26(31)27(29)32)25(30)20-12-14-21(15-13-20)33-18(3)4/h8-15,18,24,30H,6-7,16-17H2,1-5H3/b25-23-. The van der Waals surface area contributed by atoms with Crippen molar-refractivity contribution < 1.29 is 19.4 Å². The van der Waals surface area contributed by atoms with Crippen LogP contribution in [0.2, 0.25) is 0 Å². The molecule has 2 aromatic rings. The van der Waals surface area contributed by atoms with Gasteiger partial charge in [0.1, 0.15) is 11.5 Å². The number of nitrogens with zero attached hydrogens (tertiary/aromatic N) is 2. The van der Waals surface area contributed by atoms with Crippen molar-refractivity contribution in [3.63, 3.8) is 0 Å². The molecule has 0 saturated carbocycles. The summed E-state index contributed by atoms with van der Waals surface area (Å²) in [6.45, 7) is 12.8. The van der Waals surface area contributed by atoms with Gasteiger partial charge in [0.25, 0.3) is 11.7 Å². The molecule has 1 aliphatic rings. The Morgan fingerprint density at radius 1 is 1.06 bits per heavy atom. The zero-order valence-electron chi connectivity index (χ0n) is 20.2. The van der Waals surface area contributed by atoms with Crippen molar-refractivity contribution in [1.29, 1.82) is 0 Å². The molecule has 2 aromatic carbocycles. The number of Topliss-reactive ketones (excluding diaryl/α,β-unsaturated/α-hetero) is 1. The Bertz CT molecular complexity index is 1020. The molecular weight excluding hydrogens is 416 g/mol. The molecular formula is C27H34N2O4. The Kier molecular flexibility index (Phi) is 7.92. The maximum absolute atomic E-state index is 13.2. The van der Waals surface area contributed by atoms with Crippen molar-refractivity contribution >= 4 is 17.4 Å². The van der Waals surface area contributed by atoms with E-state index in [-0.39, 0.29) is 17.4 Å². The summed E-state index contributed by atoms with van der Waals surface area (Å²) < 4.78 is 5.68. The minimum Gasteiger partial charge on any atom is -0.507 e. The molecule has 1 heterocycles. The summed E-state index contributed by atoms with van der Waals surface area (Å²) >= 11 is 0. The summed E-state index contributed by atoms with van der Waals surface area (Å²) in [7, 11) is 0. The largest absolute Gasteiger partial charge is 0.507 e. The molecule has 1 N–H and O–H groups in total. The number of carbonyl (C=O) groups excluding carboxylic acids is 2. The van der Waals surface area contributed by atoms with Gasteiger partial charge in [-0.25, -0.2) is 0 Å². The van der Waals surface area contributed by atoms with Crippen LogP contribution < -0.4 is 4.74 Å². The Hall–Kier alpha value is -3.12. The predicted molar refractivity (Wildman–Crippen MR) is 130 cm³/mol. The normalized spacial score (nSPS) is 17.9. The van der Waals surface area contributed by atoms with E-state index in [0.29, 0.717) is 24.4 Å². The number of likely N-dealkylation sites (tertiary alicyclic amines) is 1. The number of ether oxygens (including phenoxy) is 1. The van der Waals surface area contributed by atoms with E-state index in [1.165, 1.54) is 0 Å². The van der Waals surface area contributed by atoms with E-state index in [1.54, 1.807) is 29.2 Å². The van der Waals surface area contributed by atoms with Gasteiger partial charge in [0.2, 0.25) is 0 Å². The molecule has 176 valence electrons. The third-order valence-electron chi connectivity index (χ3n) is 6.07. The molecule has 0 aromatic heterocycles. The van der Waals surface area contributed by atoms with Gasteiger partial charge >= 0.3 is 0 Å². The number of benzene rings is 2. The molecule has 1 atom stereocenters.